The Morgan fingerprint density at radius 2 is 1.72 bits per heavy atom. The van der Waals surface area contributed by atoms with Crippen LogP contribution in [0.5, 0.6) is 5.75 Å². The zero-order valence-electron chi connectivity index (χ0n) is 15.2. The van der Waals surface area contributed by atoms with Crippen LogP contribution in [0.25, 0.3) is 17.0 Å². The van der Waals surface area contributed by atoms with Crippen LogP contribution in [0.2, 0.25) is 0 Å². The predicted octanol–water partition coefficient (Wildman–Crippen LogP) is 2.47. The summed E-state index contributed by atoms with van der Waals surface area (Å²) in [5.74, 6) is -1.20. The van der Waals surface area contributed by atoms with Gasteiger partial charge in [-0.15, -0.1) is 0 Å². The highest BCUT2D eigenvalue weighted by molar-refractivity contribution is 6.39. The Bertz CT molecular complexity index is 1240. The maximum atomic E-state index is 12.9. The summed E-state index contributed by atoms with van der Waals surface area (Å²) in [7, 11) is 1.49. The van der Waals surface area contributed by atoms with Crippen LogP contribution in [0, 0.1) is 0 Å². The molecule has 0 aliphatic carbocycles. The number of ether oxygens (including phenoxy) is 1. The highest BCUT2D eigenvalue weighted by atomic mass is 16.5. The van der Waals surface area contributed by atoms with E-state index < -0.39 is 23.3 Å². The molecule has 0 radical (unpaired) electrons. The molecule has 1 aromatic heterocycles. The van der Waals surface area contributed by atoms with Crippen LogP contribution >= 0.6 is 0 Å². The lowest BCUT2D eigenvalue weighted by Crippen LogP contribution is -2.54. The van der Waals surface area contributed by atoms with Crippen LogP contribution in [-0.2, 0) is 9.59 Å². The number of imide groups is 2. The van der Waals surface area contributed by atoms with E-state index in [9.17, 15) is 19.2 Å². The molecule has 1 fully saturated rings. The van der Waals surface area contributed by atoms with E-state index >= 15 is 0 Å². The highest BCUT2D eigenvalue weighted by Gasteiger charge is 2.37. The second-order valence-corrected chi connectivity index (χ2v) is 6.17. The van der Waals surface area contributed by atoms with Crippen molar-refractivity contribution in [1.29, 1.82) is 0 Å². The van der Waals surface area contributed by atoms with Gasteiger partial charge in [-0.05, 0) is 42.5 Å². The molecule has 8 heteroatoms. The van der Waals surface area contributed by atoms with E-state index in [-0.39, 0.29) is 16.8 Å². The summed E-state index contributed by atoms with van der Waals surface area (Å²) in [5, 5.41) is 2.42. The van der Waals surface area contributed by atoms with Crippen LogP contribution < -0.4 is 20.4 Å². The third kappa shape index (κ3) is 3.16. The molecule has 3 aromatic rings. The summed E-state index contributed by atoms with van der Waals surface area (Å²) in [4.78, 5) is 50.9. The number of carbonyl (C=O) groups is 3. The average Bonchev–Trinajstić information content (AvgIpc) is 2.73. The van der Waals surface area contributed by atoms with E-state index in [4.69, 9.17) is 9.15 Å². The lowest BCUT2D eigenvalue weighted by molar-refractivity contribution is -0.122. The number of amides is 4. The minimum absolute atomic E-state index is 0.0197. The predicted molar refractivity (Wildman–Crippen MR) is 104 cm³/mol. The quantitative estimate of drug-likeness (QED) is 0.544. The summed E-state index contributed by atoms with van der Waals surface area (Å²) in [6.07, 6.45) is 2.30. The molecular weight excluding hydrogens is 376 g/mol. The Morgan fingerprint density at radius 3 is 2.45 bits per heavy atom. The van der Waals surface area contributed by atoms with Gasteiger partial charge in [-0.3, -0.25) is 19.7 Å². The summed E-state index contributed by atoms with van der Waals surface area (Å²) < 4.78 is 10.5. The number of carbonyl (C=O) groups excluding carboxylic acids is 3. The number of anilines is 1. The Morgan fingerprint density at radius 1 is 1.00 bits per heavy atom. The molecule has 0 unspecified atom stereocenters. The molecule has 0 saturated carbocycles. The fraction of sp³-hybridized carbons (Fsp3) is 0.0476. The number of hydrogen-bond acceptors (Lipinski definition) is 6. The third-order valence-corrected chi connectivity index (χ3v) is 4.44. The van der Waals surface area contributed by atoms with Gasteiger partial charge in [0.1, 0.15) is 23.2 Å². The maximum absolute atomic E-state index is 12.9. The number of benzene rings is 2. The van der Waals surface area contributed by atoms with Gasteiger partial charge in [-0.2, -0.15) is 0 Å². The van der Waals surface area contributed by atoms with Crippen molar-refractivity contribution < 1.29 is 23.5 Å². The number of rotatable bonds is 3. The first kappa shape index (κ1) is 18.2. The highest BCUT2D eigenvalue weighted by Crippen LogP contribution is 2.24. The van der Waals surface area contributed by atoms with Gasteiger partial charge in [0.2, 0.25) is 0 Å². The first-order valence-electron chi connectivity index (χ1n) is 8.55. The number of para-hydroxylation sites is 1. The number of urea groups is 1. The number of barbiturate groups is 1. The lowest BCUT2D eigenvalue weighted by Gasteiger charge is -2.26. The van der Waals surface area contributed by atoms with Gasteiger partial charge in [-0.25, -0.2) is 9.69 Å². The fourth-order valence-corrected chi connectivity index (χ4v) is 2.97. The third-order valence-electron chi connectivity index (χ3n) is 4.44. The van der Waals surface area contributed by atoms with E-state index in [1.165, 1.54) is 25.5 Å². The minimum atomic E-state index is -0.891. The van der Waals surface area contributed by atoms with Crippen LogP contribution in [0.3, 0.4) is 0 Å². The van der Waals surface area contributed by atoms with E-state index in [0.717, 1.165) is 11.0 Å². The van der Waals surface area contributed by atoms with Crippen molar-refractivity contribution in [2.45, 2.75) is 0 Å². The molecule has 0 bridgehead atoms. The van der Waals surface area contributed by atoms with Gasteiger partial charge in [0.15, 0.2) is 5.43 Å². The molecule has 8 nitrogen and oxygen atoms in total. The molecule has 0 spiro atoms. The van der Waals surface area contributed by atoms with Gasteiger partial charge in [0.05, 0.1) is 23.7 Å². The van der Waals surface area contributed by atoms with Gasteiger partial charge < -0.3 is 9.15 Å². The first-order chi connectivity index (χ1) is 14.0. The molecule has 0 atom stereocenters. The summed E-state index contributed by atoms with van der Waals surface area (Å²) in [6.45, 7) is 0. The molecule has 2 heterocycles. The molecule has 144 valence electrons. The molecule has 1 aliphatic rings. The Labute approximate surface area is 164 Å². The van der Waals surface area contributed by atoms with E-state index in [1.54, 1.807) is 36.4 Å². The maximum Gasteiger partial charge on any atom is 0.335 e. The van der Waals surface area contributed by atoms with Crippen molar-refractivity contribution in [3.8, 4) is 5.75 Å². The zero-order valence-corrected chi connectivity index (χ0v) is 15.2. The molecule has 1 N–H and O–H groups in total. The normalized spacial score (nSPS) is 15.7. The van der Waals surface area contributed by atoms with Gasteiger partial charge in [0.25, 0.3) is 11.8 Å². The summed E-state index contributed by atoms with van der Waals surface area (Å²) in [6, 6.07) is 11.9. The molecule has 2 aromatic carbocycles. The summed E-state index contributed by atoms with van der Waals surface area (Å²) in [5.41, 5.74) is -0.103. The first-order valence-corrected chi connectivity index (χ1v) is 8.55. The van der Waals surface area contributed by atoms with Crippen molar-refractivity contribution in [1.82, 2.24) is 5.32 Å². The van der Waals surface area contributed by atoms with E-state index in [1.807, 2.05) is 0 Å². The second-order valence-electron chi connectivity index (χ2n) is 6.17. The molecule has 29 heavy (non-hydrogen) atoms. The lowest BCUT2D eigenvalue weighted by atomic mass is 10.1. The monoisotopic (exact) mass is 390 g/mol. The van der Waals surface area contributed by atoms with Crippen molar-refractivity contribution in [3.05, 3.63) is 76.2 Å². The molecule has 4 amide bonds. The standard InChI is InChI=1S/C21H14N2O6/c1-28-14-8-6-13(7-9-14)23-20(26)16(19(25)22-21(23)27)10-12-11-29-17-5-3-2-4-15(17)18(12)24/h2-11H,1H3,(H,22,25,27). The number of fused-ring (bicyclic) bond motifs is 1. The van der Waals surface area contributed by atoms with Crippen LogP contribution in [-0.4, -0.2) is 25.0 Å². The molecule has 4 rings (SSSR count). The van der Waals surface area contributed by atoms with Gasteiger partial charge >= 0.3 is 6.03 Å². The molecule has 1 aliphatic heterocycles. The number of nitrogens with zero attached hydrogens (tertiary/aromatic N) is 1. The Kier molecular flexibility index (Phi) is 4.44. The largest absolute Gasteiger partial charge is 0.497 e. The van der Waals surface area contributed by atoms with Crippen LogP contribution in [0.1, 0.15) is 5.56 Å². The summed E-state index contributed by atoms with van der Waals surface area (Å²) >= 11 is 0. The van der Waals surface area contributed by atoms with E-state index in [0.29, 0.717) is 16.7 Å². The topological polar surface area (TPSA) is 106 Å². The Hall–Kier alpha value is -4.20. The number of nitrogens with one attached hydrogen (secondary N) is 1. The number of hydrogen-bond donors (Lipinski definition) is 1. The van der Waals surface area contributed by atoms with Crippen molar-refractivity contribution in [3.63, 3.8) is 0 Å². The molecular formula is C21H14N2O6. The second kappa shape index (κ2) is 7.08. The zero-order chi connectivity index (χ0) is 20.5. The van der Waals surface area contributed by atoms with Crippen LogP contribution in [0.15, 0.2) is 69.6 Å². The minimum Gasteiger partial charge on any atom is -0.497 e. The van der Waals surface area contributed by atoms with Crippen molar-refractivity contribution in [2.24, 2.45) is 0 Å². The van der Waals surface area contributed by atoms with E-state index in [2.05, 4.69) is 5.32 Å². The average molecular weight is 390 g/mol. The van der Waals surface area contributed by atoms with Gasteiger partial charge in [-0.1, -0.05) is 12.1 Å². The van der Waals surface area contributed by atoms with Crippen molar-refractivity contribution in [2.75, 3.05) is 12.0 Å². The van der Waals surface area contributed by atoms with Crippen LogP contribution in [0.4, 0.5) is 10.5 Å². The van der Waals surface area contributed by atoms with Crippen molar-refractivity contribution >= 4 is 40.6 Å². The smallest absolute Gasteiger partial charge is 0.335 e. The fourth-order valence-electron chi connectivity index (χ4n) is 2.97. The van der Waals surface area contributed by atoms with Gasteiger partial charge in [0, 0.05) is 0 Å². The Balaban J connectivity index is 1.77. The SMILES string of the molecule is COc1ccc(N2C(=O)NC(=O)C(=Cc3coc4ccccc4c3=O)C2=O)cc1. The number of methoxy groups -OCH3 is 1. The molecule has 1 saturated heterocycles.